The molecule has 3 aromatic rings. The predicted octanol–water partition coefficient (Wildman–Crippen LogP) is 3.56. The number of hydrogen-bond donors (Lipinski definition) is 1. The van der Waals surface area contributed by atoms with E-state index in [9.17, 15) is 9.59 Å². The minimum atomic E-state index is -0.268. The maximum atomic E-state index is 12.5. The second kappa shape index (κ2) is 7.93. The fourth-order valence-corrected chi connectivity index (χ4v) is 3.46. The Labute approximate surface area is 169 Å². The van der Waals surface area contributed by atoms with Gasteiger partial charge in [-0.25, -0.2) is 0 Å². The molecule has 2 amide bonds. The van der Waals surface area contributed by atoms with E-state index in [1.165, 1.54) is 0 Å². The van der Waals surface area contributed by atoms with Crippen molar-refractivity contribution < 1.29 is 14.1 Å². The van der Waals surface area contributed by atoms with Crippen LogP contribution in [0.5, 0.6) is 0 Å². The Bertz CT molecular complexity index is 1030. The smallest absolute Gasteiger partial charge is 0.251 e. The normalized spacial score (nSPS) is 13.8. The van der Waals surface area contributed by atoms with Crippen LogP contribution in [0.25, 0.3) is 11.4 Å². The van der Waals surface area contributed by atoms with Gasteiger partial charge in [0.15, 0.2) is 0 Å². The molecule has 0 radical (unpaired) electrons. The second-order valence-corrected chi connectivity index (χ2v) is 7.32. The van der Waals surface area contributed by atoms with Gasteiger partial charge in [-0.15, -0.1) is 0 Å². The third kappa shape index (κ3) is 3.96. The van der Waals surface area contributed by atoms with Gasteiger partial charge in [-0.3, -0.25) is 9.59 Å². The summed E-state index contributed by atoms with van der Waals surface area (Å²) in [6.45, 7) is 0.803. The Morgan fingerprint density at radius 1 is 1.21 bits per heavy atom. The van der Waals surface area contributed by atoms with Gasteiger partial charge in [0, 0.05) is 34.3 Å². The van der Waals surface area contributed by atoms with E-state index < -0.39 is 0 Å². The largest absolute Gasteiger partial charge is 0.343 e. The van der Waals surface area contributed by atoms with E-state index in [1.807, 2.05) is 30.3 Å². The number of rotatable bonds is 5. The summed E-state index contributed by atoms with van der Waals surface area (Å²) in [5.74, 6) is 0.591. The van der Waals surface area contributed by atoms with Crippen molar-refractivity contribution in [2.45, 2.75) is 19.4 Å². The van der Waals surface area contributed by atoms with Crippen molar-refractivity contribution in [1.29, 1.82) is 0 Å². The molecular weight excluding hydrogens is 424 g/mol. The van der Waals surface area contributed by atoms with Crippen LogP contribution in [0.15, 0.2) is 57.5 Å². The maximum absolute atomic E-state index is 12.5. The van der Waals surface area contributed by atoms with Crippen LogP contribution >= 0.6 is 15.9 Å². The molecule has 1 saturated heterocycles. The van der Waals surface area contributed by atoms with E-state index >= 15 is 0 Å². The summed E-state index contributed by atoms with van der Waals surface area (Å²) >= 11 is 3.41. The molecule has 142 valence electrons. The third-order valence-corrected chi connectivity index (χ3v) is 4.94. The minimum absolute atomic E-state index is 0.0866. The summed E-state index contributed by atoms with van der Waals surface area (Å²) < 4.78 is 6.14. The van der Waals surface area contributed by atoms with Crippen molar-refractivity contribution in [3.05, 3.63) is 64.5 Å². The summed E-state index contributed by atoms with van der Waals surface area (Å²) in [6.07, 6.45) is 1.39. The number of hydrogen-bond acceptors (Lipinski definition) is 5. The van der Waals surface area contributed by atoms with E-state index in [1.54, 1.807) is 23.1 Å². The Morgan fingerprint density at radius 2 is 2.07 bits per heavy atom. The average molecular weight is 441 g/mol. The van der Waals surface area contributed by atoms with E-state index in [2.05, 4.69) is 31.4 Å². The molecule has 1 aliphatic heterocycles. The molecule has 8 heteroatoms. The first-order valence-corrected chi connectivity index (χ1v) is 9.66. The number of amides is 2. The molecular formula is C20H17BrN4O3. The van der Waals surface area contributed by atoms with Gasteiger partial charge in [0.2, 0.25) is 17.6 Å². The minimum Gasteiger partial charge on any atom is -0.343 e. The fraction of sp³-hybridized carbons (Fsp3) is 0.200. The number of carbonyl (C=O) groups is 2. The molecule has 2 aromatic carbocycles. The molecule has 0 bridgehead atoms. The Morgan fingerprint density at radius 3 is 2.86 bits per heavy atom. The first-order chi connectivity index (χ1) is 13.6. The molecule has 0 unspecified atom stereocenters. The van der Waals surface area contributed by atoms with Crippen molar-refractivity contribution in [2.75, 3.05) is 11.4 Å². The molecule has 0 atom stereocenters. The SMILES string of the molecule is O=C(NCc1nc(-c2cccc(Br)c2)no1)c1cccc(N2CCCC2=O)c1. The number of carbonyl (C=O) groups excluding carboxylic acids is 2. The topological polar surface area (TPSA) is 88.3 Å². The van der Waals surface area contributed by atoms with Crippen LogP contribution in [0.2, 0.25) is 0 Å². The molecule has 0 saturated carbocycles. The van der Waals surface area contributed by atoms with Crippen LogP contribution in [0.3, 0.4) is 0 Å². The number of anilines is 1. The van der Waals surface area contributed by atoms with Crippen LogP contribution in [0.1, 0.15) is 29.1 Å². The third-order valence-electron chi connectivity index (χ3n) is 4.44. The highest BCUT2D eigenvalue weighted by atomic mass is 79.9. The van der Waals surface area contributed by atoms with Crippen molar-refractivity contribution >= 4 is 33.4 Å². The fourth-order valence-electron chi connectivity index (χ4n) is 3.07. The van der Waals surface area contributed by atoms with Crippen molar-refractivity contribution in [1.82, 2.24) is 15.5 Å². The van der Waals surface area contributed by atoms with E-state index in [0.29, 0.717) is 30.2 Å². The second-order valence-electron chi connectivity index (χ2n) is 6.40. The molecule has 2 heterocycles. The molecule has 7 nitrogen and oxygen atoms in total. The number of benzene rings is 2. The van der Waals surface area contributed by atoms with Crippen LogP contribution in [0.4, 0.5) is 5.69 Å². The van der Waals surface area contributed by atoms with E-state index in [-0.39, 0.29) is 18.4 Å². The van der Waals surface area contributed by atoms with Crippen molar-refractivity contribution in [3.63, 3.8) is 0 Å². The van der Waals surface area contributed by atoms with Gasteiger partial charge < -0.3 is 14.7 Å². The van der Waals surface area contributed by atoms with Crippen molar-refractivity contribution in [3.8, 4) is 11.4 Å². The zero-order chi connectivity index (χ0) is 19.5. The Hall–Kier alpha value is -3.00. The molecule has 1 aromatic heterocycles. The molecule has 1 aliphatic rings. The standard InChI is InChI=1S/C20H17BrN4O3/c21-15-6-1-4-13(10-15)19-23-17(28-24-19)12-22-20(27)14-5-2-7-16(11-14)25-9-3-8-18(25)26/h1-2,4-7,10-11H,3,8-9,12H2,(H,22,27). The number of nitrogens with zero attached hydrogens (tertiary/aromatic N) is 3. The number of aromatic nitrogens is 2. The van der Waals surface area contributed by atoms with Gasteiger partial charge >= 0.3 is 0 Å². The quantitative estimate of drug-likeness (QED) is 0.654. The Kier molecular flexibility index (Phi) is 5.21. The molecule has 1 N–H and O–H groups in total. The van der Waals surface area contributed by atoms with Crippen molar-refractivity contribution in [2.24, 2.45) is 0 Å². The lowest BCUT2D eigenvalue weighted by Crippen LogP contribution is -2.25. The van der Waals surface area contributed by atoms with Gasteiger partial charge in [-0.05, 0) is 36.8 Å². The van der Waals surface area contributed by atoms with Gasteiger partial charge in [0.1, 0.15) is 0 Å². The zero-order valence-electron chi connectivity index (χ0n) is 14.9. The van der Waals surface area contributed by atoms with Gasteiger partial charge in [0.05, 0.1) is 6.54 Å². The lowest BCUT2D eigenvalue weighted by atomic mass is 10.1. The number of nitrogens with one attached hydrogen (secondary N) is 1. The monoisotopic (exact) mass is 440 g/mol. The zero-order valence-corrected chi connectivity index (χ0v) is 16.5. The first-order valence-electron chi connectivity index (χ1n) is 8.87. The summed E-state index contributed by atoms with van der Waals surface area (Å²) in [5, 5.41) is 6.72. The average Bonchev–Trinajstić information content (AvgIpc) is 3.35. The predicted molar refractivity (Wildman–Crippen MR) is 107 cm³/mol. The lowest BCUT2D eigenvalue weighted by Gasteiger charge is -2.16. The molecule has 28 heavy (non-hydrogen) atoms. The molecule has 4 rings (SSSR count). The van der Waals surface area contributed by atoms with Gasteiger partial charge in [-0.2, -0.15) is 4.98 Å². The molecule has 1 fully saturated rings. The first kappa shape index (κ1) is 18.4. The highest BCUT2D eigenvalue weighted by Gasteiger charge is 2.22. The maximum Gasteiger partial charge on any atom is 0.251 e. The highest BCUT2D eigenvalue weighted by molar-refractivity contribution is 9.10. The summed E-state index contributed by atoms with van der Waals surface area (Å²) in [4.78, 5) is 30.4. The van der Waals surface area contributed by atoms with Gasteiger partial charge in [0.25, 0.3) is 5.91 Å². The summed E-state index contributed by atoms with van der Waals surface area (Å²) in [5.41, 5.74) is 2.03. The lowest BCUT2D eigenvalue weighted by molar-refractivity contribution is -0.117. The number of halogens is 1. The summed E-state index contributed by atoms with van der Waals surface area (Å²) in [7, 11) is 0. The molecule has 0 spiro atoms. The van der Waals surface area contributed by atoms with Crippen LogP contribution in [-0.4, -0.2) is 28.5 Å². The van der Waals surface area contributed by atoms with Gasteiger partial charge in [-0.1, -0.05) is 39.3 Å². The molecule has 0 aliphatic carbocycles. The van der Waals surface area contributed by atoms with E-state index in [0.717, 1.165) is 22.1 Å². The van der Waals surface area contributed by atoms with E-state index in [4.69, 9.17) is 4.52 Å². The Balaban J connectivity index is 1.42. The highest BCUT2D eigenvalue weighted by Crippen LogP contribution is 2.23. The van der Waals surface area contributed by atoms with Crippen LogP contribution in [-0.2, 0) is 11.3 Å². The van der Waals surface area contributed by atoms with Crippen LogP contribution < -0.4 is 10.2 Å². The summed E-state index contributed by atoms with van der Waals surface area (Å²) in [6, 6.07) is 14.6. The van der Waals surface area contributed by atoms with Crippen LogP contribution in [0, 0.1) is 0 Å².